The third-order valence-electron chi connectivity index (χ3n) is 3.97. The van der Waals surface area contributed by atoms with Gasteiger partial charge < -0.3 is 19.9 Å². The molecule has 1 saturated carbocycles. The van der Waals surface area contributed by atoms with Crippen LogP contribution in [-0.2, 0) is 9.53 Å². The molecule has 5 heteroatoms. The van der Waals surface area contributed by atoms with Crippen LogP contribution < -0.4 is 5.32 Å². The first-order valence-electron chi connectivity index (χ1n) is 7.43. The summed E-state index contributed by atoms with van der Waals surface area (Å²) in [5.41, 5.74) is 0. The van der Waals surface area contributed by atoms with Crippen LogP contribution in [0.2, 0.25) is 0 Å². The van der Waals surface area contributed by atoms with Crippen molar-refractivity contribution in [1.29, 1.82) is 0 Å². The highest BCUT2D eigenvalue weighted by molar-refractivity contribution is 5.82. The van der Waals surface area contributed by atoms with Crippen molar-refractivity contribution in [2.45, 2.75) is 37.8 Å². The van der Waals surface area contributed by atoms with E-state index in [4.69, 9.17) is 4.74 Å². The molecule has 1 saturated heterocycles. The molecule has 1 atom stereocenters. The lowest BCUT2D eigenvalue weighted by molar-refractivity contribution is -0.136. The second kappa shape index (κ2) is 7.22. The van der Waals surface area contributed by atoms with Gasteiger partial charge in [0.15, 0.2) is 0 Å². The van der Waals surface area contributed by atoms with Crippen LogP contribution in [0.15, 0.2) is 0 Å². The number of hydrogen-bond donors (Lipinski definition) is 1. The summed E-state index contributed by atoms with van der Waals surface area (Å²) in [7, 11) is 3.80. The SMILES string of the molecule is COCCN(C)CCN1CCCC(NC2CC2)C1=O. The largest absolute Gasteiger partial charge is 0.383 e. The highest BCUT2D eigenvalue weighted by Gasteiger charge is 2.33. The molecule has 0 spiro atoms. The van der Waals surface area contributed by atoms with Gasteiger partial charge in [0.2, 0.25) is 5.91 Å². The number of piperidine rings is 1. The Morgan fingerprint density at radius 3 is 2.84 bits per heavy atom. The van der Waals surface area contributed by atoms with Gasteiger partial charge in [-0.2, -0.15) is 0 Å². The fourth-order valence-corrected chi connectivity index (χ4v) is 2.50. The summed E-state index contributed by atoms with van der Waals surface area (Å²) in [6.07, 6.45) is 4.61. The van der Waals surface area contributed by atoms with E-state index < -0.39 is 0 Å². The Morgan fingerprint density at radius 1 is 1.37 bits per heavy atom. The lowest BCUT2D eigenvalue weighted by Crippen LogP contribution is -2.52. The quantitative estimate of drug-likeness (QED) is 0.689. The number of rotatable bonds is 8. The molecule has 1 unspecified atom stereocenters. The van der Waals surface area contributed by atoms with E-state index in [-0.39, 0.29) is 6.04 Å². The first kappa shape index (κ1) is 14.8. The van der Waals surface area contributed by atoms with E-state index >= 15 is 0 Å². The number of carbonyl (C=O) groups excluding carboxylic acids is 1. The fourth-order valence-electron chi connectivity index (χ4n) is 2.50. The maximum absolute atomic E-state index is 12.3. The fraction of sp³-hybridized carbons (Fsp3) is 0.929. The van der Waals surface area contributed by atoms with Gasteiger partial charge in [0.1, 0.15) is 0 Å². The number of methoxy groups -OCH3 is 1. The van der Waals surface area contributed by atoms with E-state index in [0.29, 0.717) is 11.9 Å². The summed E-state index contributed by atoms with van der Waals surface area (Å²) in [6.45, 7) is 4.34. The van der Waals surface area contributed by atoms with Crippen LogP contribution in [0.1, 0.15) is 25.7 Å². The first-order valence-corrected chi connectivity index (χ1v) is 7.43. The second-order valence-electron chi connectivity index (χ2n) is 5.76. The summed E-state index contributed by atoms with van der Waals surface area (Å²) in [6, 6.07) is 0.684. The Kier molecular flexibility index (Phi) is 5.60. The van der Waals surface area contributed by atoms with E-state index in [2.05, 4.69) is 17.3 Å². The molecule has 0 aromatic heterocycles. The van der Waals surface area contributed by atoms with Crippen LogP contribution in [0.4, 0.5) is 0 Å². The lowest BCUT2D eigenvalue weighted by atomic mass is 10.0. The predicted octanol–water partition coefficient (Wildman–Crippen LogP) is 0.308. The summed E-state index contributed by atoms with van der Waals surface area (Å²) in [4.78, 5) is 16.6. The molecule has 110 valence electrons. The molecule has 0 aromatic carbocycles. The Balaban J connectivity index is 1.70. The number of ether oxygens (including phenoxy) is 1. The number of hydrogen-bond acceptors (Lipinski definition) is 4. The van der Waals surface area contributed by atoms with Crippen LogP contribution in [0, 0.1) is 0 Å². The summed E-state index contributed by atoms with van der Waals surface area (Å²) < 4.78 is 5.06. The minimum absolute atomic E-state index is 0.0746. The summed E-state index contributed by atoms with van der Waals surface area (Å²) in [5.74, 6) is 0.304. The van der Waals surface area contributed by atoms with Crippen molar-refractivity contribution in [2.24, 2.45) is 0 Å². The first-order chi connectivity index (χ1) is 9.20. The van der Waals surface area contributed by atoms with E-state index in [1.165, 1.54) is 12.8 Å². The standard InChI is InChI=1S/C14H27N3O2/c1-16(10-11-19-2)8-9-17-7-3-4-13(14(17)18)15-12-5-6-12/h12-13,15H,3-11H2,1-2H3. The molecule has 1 aliphatic heterocycles. The molecular weight excluding hydrogens is 242 g/mol. The maximum Gasteiger partial charge on any atom is 0.239 e. The molecule has 1 aliphatic carbocycles. The number of carbonyl (C=O) groups is 1. The molecule has 0 aromatic rings. The van der Waals surface area contributed by atoms with Crippen molar-refractivity contribution >= 4 is 5.91 Å². The lowest BCUT2D eigenvalue weighted by Gasteiger charge is -2.34. The van der Waals surface area contributed by atoms with Crippen LogP contribution in [0.3, 0.4) is 0 Å². The van der Waals surface area contributed by atoms with Crippen molar-refractivity contribution < 1.29 is 9.53 Å². The van der Waals surface area contributed by atoms with Gasteiger partial charge in [-0.25, -0.2) is 0 Å². The second-order valence-corrected chi connectivity index (χ2v) is 5.76. The summed E-state index contributed by atoms with van der Waals surface area (Å²) >= 11 is 0. The van der Waals surface area contributed by atoms with Gasteiger partial charge in [-0.1, -0.05) is 0 Å². The number of likely N-dealkylation sites (N-methyl/N-ethyl adjacent to an activating group) is 1. The average molecular weight is 269 g/mol. The van der Waals surface area contributed by atoms with Crippen LogP contribution in [-0.4, -0.2) is 74.7 Å². The Bertz CT molecular complexity index is 294. The smallest absolute Gasteiger partial charge is 0.239 e. The van der Waals surface area contributed by atoms with Gasteiger partial charge in [0.05, 0.1) is 12.6 Å². The van der Waals surface area contributed by atoms with Crippen molar-refractivity contribution in [3.05, 3.63) is 0 Å². The van der Waals surface area contributed by atoms with E-state index in [9.17, 15) is 4.79 Å². The molecule has 0 bridgehead atoms. The highest BCUT2D eigenvalue weighted by atomic mass is 16.5. The van der Waals surface area contributed by atoms with Gasteiger partial charge >= 0.3 is 0 Å². The third-order valence-corrected chi connectivity index (χ3v) is 3.97. The predicted molar refractivity (Wildman–Crippen MR) is 75.1 cm³/mol. The zero-order valence-corrected chi connectivity index (χ0v) is 12.2. The molecule has 2 rings (SSSR count). The van der Waals surface area contributed by atoms with Gasteiger partial charge in [-0.3, -0.25) is 4.79 Å². The topological polar surface area (TPSA) is 44.8 Å². The van der Waals surface area contributed by atoms with Crippen LogP contribution in [0.5, 0.6) is 0 Å². The van der Waals surface area contributed by atoms with E-state index in [1.54, 1.807) is 7.11 Å². The van der Waals surface area contributed by atoms with Crippen molar-refractivity contribution in [2.75, 3.05) is 46.9 Å². The van der Waals surface area contributed by atoms with Gasteiger partial charge in [0, 0.05) is 39.3 Å². The molecule has 19 heavy (non-hydrogen) atoms. The van der Waals surface area contributed by atoms with E-state index in [1.807, 2.05) is 4.90 Å². The normalized spacial score (nSPS) is 24.3. The molecule has 2 fully saturated rings. The maximum atomic E-state index is 12.3. The molecule has 0 radical (unpaired) electrons. The van der Waals surface area contributed by atoms with Crippen molar-refractivity contribution in [3.63, 3.8) is 0 Å². The number of amides is 1. The number of nitrogens with zero attached hydrogens (tertiary/aromatic N) is 2. The molecule has 2 aliphatic rings. The molecule has 5 nitrogen and oxygen atoms in total. The molecule has 1 amide bonds. The monoisotopic (exact) mass is 269 g/mol. The Hall–Kier alpha value is -0.650. The minimum Gasteiger partial charge on any atom is -0.383 e. The average Bonchev–Trinajstić information content (AvgIpc) is 3.21. The number of likely N-dealkylation sites (tertiary alicyclic amines) is 1. The van der Waals surface area contributed by atoms with Crippen LogP contribution >= 0.6 is 0 Å². The van der Waals surface area contributed by atoms with Gasteiger partial charge in [0.25, 0.3) is 0 Å². The number of nitrogens with one attached hydrogen (secondary N) is 1. The highest BCUT2D eigenvalue weighted by Crippen LogP contribution is 2.22. The Labute approximate surface area is 116 Å². The van der Waals surface area contributed by atoms with Gasteiger partial charge in [-0.15, -0.1) is 0 Å². The van der Waals surface area contributed by atoms with E-state index in [0.717, 1.165) is 45.6 Å². The summed E-state index contributed by atoms with van der Waals surface area (Å²) in [5, 5.41) is 3.47. The molecular formula is C14H27N3O2. The minimum atomic E-state index is 0.0746. The molecule has 1 N–H and O–H groups in total. The zero-order valence-electron chi connectivity index (χ0n) is 12.2. The van der Waals surface area contributed by atoms with Crippen molar-refractivity contribution in [1.82, 2.24) is 15.1 Å². The van der Waals surface area contributed by atoms with Crippen LogP contribution in [0.25, 0.3) is 0 Å². The zero-order chi connectivity index (χ0) is 13.7. The third kappa shape index (κ3) is 4.75. The Morgan fingerprint density at radius 2 is 2.16 bits per heavy atom. The molecule has 1 heterocycles. The van der Waals surface area contributed by atoms with Crippen molar-refractivity contribution in [3.8, 4) is 0 Å². The van der Waals surface area contributed by atoms with Gasteiger partial charge in [-0.05, 0) is 32.7 Å².